The minimum atomic E-state index is -4.64. The van der Waals surface area contributed by atoms with E-state index in [0.717, 1.165) is 0 Å². The number of carbonyl (C=O) groups is 2. The average Bonchev–Trinajstić information content (AvgIpc) is 2.56. The maximum Gasteiger partial charge on any atom is 0.416 e. The predicted octanol–water partition coefficient (Wildman–Crippen LogP) is 3.59. The summed E-state index contributed by atoms with van der Waals surface area (Å²) >= 11 is 0. The fourth-order valence-corrected chi connectivity index (χ4v) is 2.56. The van der Waals surface area contributed by atoms with Crippen LogP contribution in [0.5, 0.6) is 0 Å². The van der Waals surface area contributed by atoms with Crippen LogP contribution in [0.1, 0.15) is 25.3 Å². The fourth-order valence-electron chi connectivity index (χ4n) is 2.56. The first kappa shape index (κ1) is 19.8. The van der Waals surface area contributed by atoms with E-state index in [1.807, 2.05) is 0 Å². The van der Waals surface area contributed by atoms with Crippen LogP contribution >= 0.6 is 0 Å². The Morgan fingerprint density at radius 1 is 1.27 bits per heavy atom. The van der Waals surface area contributed by atoms with E-state index in [0.29, 0.717) is 44.1 Å². The summed E-state index contributed by atoms with van der Waals surface area (Å²) in [4.78, 5) is 25.0. The van der Waals surface area contributed by atoms with Gasteiger partial charge >= 0.3 is 18.3 Å². The molecule has 26 heavy (non-hydrogen) atoms. The molecule has 0 radical (unpaired) electrons. The molecule has 1 saturated heterocycles. The highest BCUT2D eigenvalue weighted by Crippen LogP contribution is 2.31. The molecule has 3 amide bonds. The first-order valence-electron chi connectivity index (χ1n) is 8.06. The number of rotatable bonds is 3. The SMILES string of the molecule is CCOC(=O)N1CCC(NC(=O)Nc2cc(C(F)(F)F)ccc2F)CC1. The number of urea groups is 1. The smallest absolute Gasteiger partial charge is 0.416 e. The van der Waals surface area contributed by atoms with Gasteiger partial charge in [-0.25, -0.2) is 14.0 Å². The Balaban J connectivity index is 1.89. The third-order valence-electron chi connectivity index (χ3n) is 3.90. The molecule has 0 aromatic heterocycles. The molecule has 1 aliphatic rings. The minimum Gasteiger partial charge on any atom is -0.450 e. The van der Waals surface area contributed by atoms with E-state index in [4.69, 9.17) is 4.74 Å². The first-order chi connectivity index (χ1) is 12.2. The highest BCUT2D eigenvalue weighted by atomic mass is 19.4. The number of likely N-dealkylation sites (tertiary alicyclic amines) is 1. The van der Waals surface area contributed by atoms with Gasteiger partial charge in [0.1, 0.15) is 5.82 Å². The van der Waals surface area contributed by atoms with Gasteiger partial charge in [-0.2, -0.15) is 13.2 Å². The van der Waals surface area contributed by atoms with E-state index >= 15 is 0 Å². The van der Waals surface area contributed by atoms with E-state index in [1.165, 1.54) is 4.90 Å². The monoisotopic (exact) mass is 377 g/mol. The minimum absolute atomic E-state index is 0.266. The third kappa shape index (κ3) is 5.24. The topological polar surface area (TPSA) is 70.7 Å². The van der Waals surface area contributed by atoms with Gasteiger partial charge in [-0.1, -0.05) is 0 Å². The lowest BCUT2D eigenvalue weighted by atomic mass is 10.1. The zero-order valence-electron chi connectivity index (χ0n) is 14.0. The van der Waals surface area contributed by atoms with Crippen LogP contribution in [0.25, 0.3) is 0 Å². The average molecular weight is 377 g/mol. The molecule has 2 N–H and O–H groups in total. The normalized spacial score (nSPS) is 15.5. The molecule has 0 aliphatic carbocycles. The predicted molar refractivity (Wildman–Crippen MR) is 85.2 cm³/mol. The number of anilines is 1. The van der Waals surface area contributed by atoms with Crippen molar-refractivity contribution in [2.75, 3.05) is 25.0 Å². The van der Waals surface area contributed by atoms with Crippen molar-refractivity contribution >= 4 is 17.8 Å². The Hall–Kier alpha value is -2.52. The Morgan fingerprint density at radius 2 is 1.92 bits per heavy atom. The van der Waals surface area contributed by atoms with Crippen LogP contribution in [0.15, 0.2) is 18.2 Å². The maximum absolute atomic E-state index is 13.6. The number of hydrogen-bond acceptors (Lipinski definition) is 3. The van der Waals surface area contributed by atoms with E-state index in [1.54, 1.807) is 6.92 Å². The molecule has 2 rings (SSSR count). The van der Waals surface area contributed by atoms with Crippen molar-refractivity contribution in [3.05, 3.63) is 29.6 Å². The van der Waals surface area contributed by atoms with Gasteiger partial charge in [-0.3, -0.25) is 0 Å². The van der Waals surface area contributed by atoms with Crippen LogP contribution in [0.3, 0.4) is 0 Å². The maximum atomic E-state index is 13.6. The summed E-state index contributed by atoms with van der Waals surface area (Å²) in [5.41, 5.74) is -1.61. The van der Waals surface area contributed by atoms with Gasteiger partial charge in [0.05, 0.1) is 17.9 Å². The standard InChI is InChI=1S/C16H19F4N3O3/c1-2-26-15(25)23-7-5-11(6-8-23)21-14(24)22-13-9-10(16(18,19)20)3-4-12(13)17/h3-4,9,11H,2,5-8H2,1H3,(H2,21,22,24). The van der Waals surface area contributed by atoms with Crippen molar-refractivity contribution in [2.45, 2.75) is 32.0 Å². The molecule has 0 spiro atoms. The zero-order chi connectivity index (χ0) is 19.3. The summed E-state index contributed by atoms with van der Waals surface area (Å²) in [6.45, 7) is 2.72. The van der Waals surface area contributed by atoms with Gasteiger partial charge in [0.2, 0.25) is 0 Å². The number of benzene rings is 1. The van der Waals surface area contributed by atoms with Crippen LogP contribution < -0.4 is 10.6 Å². The Morgan fingerprint density at radius 3 is 2.50 bits per heavy atom. The van der Waals surface area contributed by atoms with Crippen LogP contribution in [0.2, 0.25) is 0 Å². The molecular weight excluding hydrogens is 358 g/mol. The molecule has 1 heterocycles. The Kier molecular flexibility index (Phi) is 6.27. The van der Waals surface area contributed by atoms with Gasteiger partial charge in [0.15, 0.2) is 0 Å². The van der Waals surface area contributed by atoms with Crippen LogP contribution in [-0.2, 0) is 10.9 Å². The number of amides is 3. The lowest BCUT2D eigenvalue weighted by Gasteiger charge is -2.31. The second kappa shape index (κ2) is 8.24. The quantitative estimate of drug-likeness (QED) is 0.791. The molecule has 1 aromatic carbocycles. The van der Waals surface area contributed by atoms with Gasteiger partial charge in [0.25, 0.3) is 0 Å². The number of piperidine rings is 1. The summed E-state index contributed by atoms with van der Waals surface area (Å²) in [7, 11) is 0. The number of ether oxygens (including phenoxy) is 1. The fraction of sp³-hybridized carbons (Fsp3) is 0.500. The van der Waals surface area contributed by atoms with Crippen molar-refractivity contribution < 1.29 is 31.9 Å². The molecule has 0 bridgehead atoms. The molecule has 144 valence electrons. The lowest BCUT2D eigenvalue weighted by Crippen LogP contribution is -2.47. The number of carbonyl (C=O) groups excluding carboxylic acids is 2. The van der Waals surface area contributed by atoms with E-state index in [2.05, 4.69) is 10.6 Å². The van der Waals surface area contributed by atoms with Crippen molar-refractivity contribution in [1.82, 2.24) is 10.2 Å². The van der Waals surface area contributed by atoms with Crippen molar-refractivity contribution in [2.24, 2.45) is 0 Å². The molecule has 6 nitrogen and oxygen atoms in total. The van der Waals surface area contributed by atoms with Gasteiger partial charge in [-0.05, 0) is 38.0 Å². The highest BCUT2D eigenvalue weighted by molar-refractivity contribution is 5.89. The van der Waals surface area contributed by atoms with Crippen molar-refractivity contribution in [3.8, 4) is 0 Å². The second-order valence-corrected chi connectivity index (χ2v) is 5.75. The van der Waals surface area contributed by atoms with Gasteiger partial charge in [-0.15, -0.1) is 0 Å². The third-order valence-corrected chi connectivity index (χ3v) is 3.90. The summed E-state index contributed by atoms with van der Waals surface area (Å²) in [6.07, 6.45) is -4.16. The molecule has 1 aromatic rings. The molecule has 0 atom stereocenters. The van der Waals surface area contributed by atoms with Crippen LogP contribution in [0, 0.1) is 5.82 Å². The highest BCUT2D eigenvalue weighted by Gasteiger charge is 2.31. The van der Waals surface area contributed by atoms with Crippen LogP contribution in [-0.4, -0.2) is 42.8 Å². The Labute approximate surface area is 147 Å². The molecule has 1 aliphatic heterocycles. The summed E-state index contributed by atoms with van der Waals surface area (Å²) in [5.74, 6) is -0.967. The molecular formula is C16H19F4N3O3. The zero-order valence-corrected chi connectivity index (χ0v) is 14.0. The van der Waals surface area contributed by atoms with Crippen molar-refractivity contribution in [3.63, 3.8) is 0 Å². The molecule has 10 heteroatoms. The van der Waals surface area contributed by atoms with Gasteiger partial charge in [0, 0.05) is 19.1 Å². The number of alkyl halides is 3. The van der Waals surface area contributed by atoms with E-state index in [9.17, 15) is 27.2 Å². The molecule has 0 saturated carbocycles. The van der Waals surface area contributed by atoms with Crippen molar-refractivity contribution in [1.29, 1.82) is 0 Å². The summed E-state index contributed by atoms with van der Waals surface area (Å²) in [6, 6.07) is 0.699. The number of hydrogen-bond donors (Lipinski definition) is 2. The molecule has 1 fully saturated rings. The second-order valence-electron chi connectivity index (χ2n) is 5.75. The summed E-state index contributed by atoms with van der Waals surface area (Å²) in [5, 5.41) is 4.66. The largest absolute Gasteiger partial charge is 0.450 e. The molecule has 0 unspecified atom stereocenters. The van der Waals surface area contributed by atoms with E-state index in [-0.39, 0.29) is 12.6 Å². The lowest BCUT2D eigenvalue weighted by molar-refractivity contribution is -0.137. The van der Waals surface area contributed by atoms with E-state index < -0.39 is 35.4 Å². The number of halogens is 4. The van der Waals surface area contributed by atoms with Gasteiger partial charge < -0.3 is 20.3 Å². The van der Waals surface area contributed by atoms with Crippen LogP contribution in [0.4, 0.5) is 32.8 Å². The first-order valence-corrected chi connectivity index (χ1v) is 8.06. The Bertz CT molecular complexity index is 659. The number of nitrogens with zero attached hydrogens (tertiary/aromatic N) is 1. The summed E-state index contributed by atoms with van der Waals surface area (Å²) < 4.78 is 56.5. The number of nitrogens with one attached hydrogen (secondary N) is 2.